The summed E-state index contributed by atoms with van der Waals surface area (Å²) in [5.41, 5.74) is 7.55. The van der Waals surface area contributed by atoms with Gasteiger partial charge in [-0.15, -0.1) is 0 Å². The molecule has 0 radical (unpaired) electrons. The predicted molar refractivity (Wildman–Crippen MR) is 110 cm³/mol. The monoisotopic (exact) mass is 368 g/mol. The van der Waals surface area contributed by atoms with Gasteiger partial charge in [0.25, 0.3) is 5.91 Å². The van der Waals surface area contributed by atoms with Crippen LogP contribution in [0, 0.1) is 5.92 Å². The van der Waals surface area contributed by atoms with Gasteiger partial charge in [-0.2, -0.15) is 0 Å². The highest BCUT2D eigenvalue weighted by Crippen LogP contribution is 2.28. The predicted octanol–water partition coefficient (Wildman–Crippen LogP) is 4.11. The largest absolute Gasteiger partial charge is 0.370 e. The van der Waals surface area contributed by atoms with Gasteiger partial charge in [-0.1, -0.05) is 74.6 Å². The molecule has 1 aliphatic carbocycles. The van der Waals surface area contributed by atoms with Crippen LogP contribution in [-0.2, 0) is 16.1 Å². The van der Waals surface area contributed by atoms with Gasteiger partial charge in [0, 0.05) is 26.7 Å². The second-order valence-electron chi connectivity index (χ2n) is 7.89. The van der Waals surface area contributed by atoms with Crippen LogP contribution in [0.15, 0.2) is 42.5 Å². The van der Waals surface area contributed by atoms with E-state index in [0.717, 1.165) is 12.0 Å². The second-order valence-corrected chi connectivity index (χ2v) is 7.89. The number of ether oxygens (including phenoxy) is 1. The van der Waals surface area contributed by atoms with Crippen LogP contribution >= 0.6 is 0 Å². The Morgan fingerprint density at radius 2 is 1.85 bits per heavy atom. The van der Waals surface area contributed by atoms with E-state index in [1.165, 1.54) is 42.9 Å². The van der Waals surface area contributed by atoms with Crippen LogP contribution in [0.3, 0.4) is 0 Å². The minimum absolute atomic E-state index is 0.0336. The number of carbonyl (C=O) groups excluding carboxylic acids is 1. The fourth-order valence-electron chi connectivity index (χ4n) is 4.37. The lowest BCUT2D eigenvalue weighted by atomic mass is 9.84. The molecule has 2 N–H and O–H groups in total. The number of nitrogens with two attached hydrogens (primary N) is 1. The molecule has 27 heavy (non-hydrogen) atoms. The standard InChI is InChI=1S/C23H32N2O2/c1-25(16-19-13-8-12-18-11-6-7-14-20(18)19)23(26)22(27-2)21(24)15-17-9-4-3-5-10-17/h6-8,11-14,17,21-22H,3-5,9-10,15-16,24H2,1-2H3/t21-,22?/m1/s1. The molecule has 1 saturated carbocycles. The van der Waals surface area contributed by atoms with Gasteiger partial charge in [0.1, 0.15) is 0 Å². The number of carbonyl (C=O) groups is 1. The molecule has 2 aromatic carbocycles. The zero-order chi connectivity index (χ0) is 19.2. The summed E-state index contributed by atoms with van der Waals surface area (Å²) < 4.78 is 5.55. The van der Waals surface area contributed by atoms with Crippen molar-refractivity contribution in [1.29, 1.82) is 0 Å². The first-order valence-electron chi connectivity index (χ1n) is 10.1. The summed E-state index contributed by atoms with van der Waals surface area (Å²) in [5.74, 6) is 0.594. The maximum Gasteiger partial charge on any atom is 0.253 e. The molecule has 1 aliphatic rings. The van der Waals surface area contributed by atoms with Crippen LogP contribution in [0.25, 0.3) is 10.8 Å². The molecule has 1 amide bonds. The lowest BCUT2D eigenvalue weighted by Gasteiger charge is -2.30. The van der Waals surface area contributed by atoms with Crippen LogP contribution < -0.4 is 5.73 Å². The number of likely N-dealkylation sites (N-methyl/N-ethyl adjacent to an activating group) is 1. The summed E-state index contributed by atoms with van der Waals surface area (Å²) >= 11 is 0. The van der Waals surface area contributed by atoms with E-state index in [-0.39, 0.29) is 11.9 Å². The summed E-state index contributed by atoms with van der Waals surface area (Å²) in [6.45, 7) is 0.552. The van der Waals surface area contributed by atoms with Gasteiger partial charge in [-0.05, 0) is 28.7 Å². The van der Waals surface area contributed by atoms with Crippen molar-refractivity contribution < 1.29 is 9.53 Å². The number of hydrogen-bond acceptors (Lipinski definition) is 3. The molecule has 4 heteroatoms. The fourth-order valence-corrected chi connectivity index (χ4v) is 4.37. The van der Waals surface area contributed by atoms with Gasteiger partial charge in [-0.3, -0.25) is 4.79 Å². The minimum atomic E-state index is -0.577. The molecule has 0 aliphatic heterocycles. The van der Waals surface area contributed by atoms with Crippen molar-refractivity contribution in [2.24, 2.45) is 11.7 Å². The Morgan fingerprint density at radius 1 is 1.15 bits per heavy atom. The van der Waals surface area contributed by atoms with E-state index in [1.54, 1.807) is 12.0 Å². The first-order valence-corrected chi connectivity index (χ1v) is 10.1. The van der Waals surface area contributed by atoms with E-state index in [9.17, 15) is 4.79 Å². The van der Waals surface area contributed by atoms with E-state index in [2.05, 4.69) is 24.3 Å². The SMILES string of the molecule is COC(C(=O)N(C)Cc1cccc2ccccc12)[C@H](N)CC1CCCCC1. The van der Waals surface area contributed by atoms with Gasteiger partial charge in [0.2, 0.25) is 0 Å². The summed E-state index contributed by atoms with van der Waals surface area (Å²) in [6.07, 6.45) is 6.63. The zero-order valence-corrected chi connectivity index (χ0v) is 16.6. The molecule has 1 fully saturated rings. The van der Waals surface area contributed by atoms with E-state index >= 15 is 0 Å². The van der Waals surface area contributed by atoms with E-state index in [1.807, 2.05) is 25.2 Å². The minimum Gasteiger partial charge on any atom is -0.370 e. The summed E-state index contributed by atoms with van der Waals surface area (Å²) in [6, 6.07) is 14.2. The van der Waals surface area contributed by atoms with Crippen molar-refractivity contribution in [1.82, 2.24) is 4.90 Å². The average Bonchev–Trinajstić information content (AvgIpc) is 2.69. The lowest BCUT2D eigenvalue weighted by molar-refractivity contribution is -0.142. The highest BCUT2D eigenvalue weighted by Gasteiger charge is 2.30. The molecule has 0 spiro atoms. The number of hydrogen-bond donors (Lipinski definition) is 1. The highest BCUT2D eigenvalue weighted by molar-refractivity contribution is 5.86. The van der Waals surface area contributed by atoms with Gasteiger partial charge >= 0.3 is 0 Å². The van der Waals surface area contributed by atoms with Crippen LogP contribution in [0.2, 0.25) is 0 Å². The highest BCUT2D eigenvalue weighted by atomic mass is 16.5. The second kappa shape index (κ2) is 9.34. The fraction of sp³-hybridized carbons (Fsp3) is 0.522. The molecule has 146 valence electrons. The Balaban J connectivity index is 1.66. The topological polar surface area (TPSA) is 55.6 Å². The van der Waals surface area contributed by atoms with Crippen molar-refractivity contribution in [2.75, 3.05) is 14.2 Å². The Morgan fingerprint density at radius 3 is 2.59 bits per heavy atom. The van der Waals surface area contributed by atoms with Crippen LogP contribution in [0.5, 0.6) is 0 Å². The van der Waals surface area contributed by atoms with Crippen molar-refractivity contribution in [3.63, 3.8) is 0 Å². The Labute approximate surface area is 162 Å². The van der Waals surface area contributed by atoms with Crippen LogP contribution in [0.4, 0.5) is 0 Å². The molecule has 2 aromatic rings. The molecule has 2 atom stereocenters. The van der Waals surface area contributed by atoms with Gasteiger partial charge < -0.3 is 15.4 Å². The van der Waals surface area contributed by atoms with Crippen molar-refractivity contribution >= 4 is 16.7 Å². The number of benzene rings is 2. The molecule has 4 nitrogen and oxygen atoms in total. The van der Waals surface area contributed by atoms with Crippen molar-refractivity contribution in [3.8, 4) is 0 Å². The zero-order valence-electron chi connectivity index (χ0n) is 16.6. The number of methoxy groups -OCH3 is 1. The Bertz CT molecular complexity index is 750. The molecule has 3 rings (SSSR count). The maximum absolute atomic E-state index is 13.0. The smallest absolute Gasteiger partial charge is 0.253 e. The quantitative estimate of drug-likeness (QED) is 0.800. The van der Waals surface area contributed by atoms with E-state index in [0.29, 0.717) is 12.5 Å². The van der Waals surface area contributed by atoms with Crippen molar-refractivity contribution in [2.45, 2.75) is 57.2 Å². The Hall–Kier alpha value is -1.91. The van der Waals surface area contributed by atoms with Gasteiger partial charge in [0.05, 0.1) is 0 Å². The average molecular weight is 369 g/mol. The van der Waals surface area contributed by atoms with Gasteiger partial charge in [-0.25, -0.2) is 0 Å². The third-order valence-corrected chi connectivity index (χ3v) is 5.88. The third kappa shape index (κ3) is 4.88. The lowest BCUT2D eigenvalue weighted by Crippen LogP contribution is -2.48. The molecule has 0 saturated heterocycles. The number of amides is 1. The first-order chi connectivity index (χ1) is 13.1. The van der Waals surface area contributed by atoms with Gasteiger partial charge in [0.15, 0.2) is 6.10 Å². The molecule has 0 aromatic heterocycles. The number of fused-ring (bicyclic) bond motifs is 1. The molecule has 1 unspecified atom stereocenters. The van der Waals surface area contributed by atoms with Crippen LogP contribution in [-0.4, -0.2) is 37.1 Å². The van der Waals surface area contributed by atoms with E-state index < -0.39 is 6.10 Å². The van der Waals surface area contributed by atoms with Crippen LogP contribution in [0.1, 0.15) is 44.1 Å². The third-order valence-electron chi connectivity index (χ3n) is 5.88. The molecular weight excluding hydrogens is 336 g/mol. The summed E-state index contributed by atoms with van der Waals surface area (Å²) in [5, 5.41) is 2.37. The number of nitrogens with zero attached hydrogens (tertiary/aromatic N) is 1. The normalized spacial score (nSPS) is 17.6. The first kappa shape index (κ1) is 19.8. The number of rotatable bonds is 7. The summed E-state index contributed by atoms with van der Waals surface area (Å²) in [7, 11) is 3.43. The summed E-state index contributed by atoms with van der Waals surface area (Å²) in [4.78, 5) is 14.8. The Kier molecular flexibility index (Phi) is 6.86. The molecular formula is C23H32N2O2. The molecule has 0 bridgehead atoms. The van der Waals surface area contributed by atoms with Crippen molar-refractivity contribution in [3.05, 3.63) is 48.0 Å². The maximum atomic E-state index is 13.0. The van der Waals surface area contributed by atoms with E-state index in [4.69, 9.17) is 10.5 Å². The molecule has 0 heterocycles.